The number of hydrogen-bond acceptors (Lipinski definition) is 2. The first-order chi connectivity index (χ1) is 7.77. The van der Waals surface area contributed by atoms with Crippen LogP contribution in [0.15, 0.2) is 33.8 Å². The molecule has 4 nitrogen and oxygen atoms in total. The summed E-state index contributed by atoms with van der Waals surface area (Å²) in [5.41, 5.74) is 10.4. The Hall–Kier alpha value is -1.93. The van der Waals surface area contributed by atoms with E-state index in [-0.39, 0.29) is 6.04 Å². The lowest BCUT2D eigenvalue weighted by Gasteiger charge is -2.02. The molecule has 1 aromatic carbocycles. The first kappa shape index (κ1) is 10.6. The van der Waals surface area contributed by atoms with E-state index >= 15 is 0 Å². The Labute approximate surface area is 93.5 Å². The molecule has 16 heavy (non-hydrogen) atoms. The van der Waals surface area contributed by atoms with Gasteiger partial charge in [-0.15, -0.1) is 0 Å². The molecule has 0 aliphatic carbocycles. The maximum Gasteiger partial charge on any atom is 0.134 e. The second-order valence-corrected chi connectivity index (χ2v) is 3.68. The van der Waals surface area contributed by atoms with Crippen molar-refractivity contribution in [3.05, 3.63) is 46.0 Å². The molecule has 0 aliphatic heterocycles. The molecule has 0 saturated heterocycles. The molecule has 2 aromatic rings. The number of rotatable bonds is 3. The number of fused-ring (bicyclic) bond motifs is 1. The summed E-state index contributed by atoms with van der Waals surface area (Å²) < 4.78 is 5.74. The zero-order valence-electron chi connectivity index (χ0n) is 9.34. The van der Waals surface area contributed by atoms with Gasteiger partial charge in [0.15, 0.2) is 0 Å². The third-order valence-electron chi connectivity index (χ3n) is 2.69. The summed E-state index contributed by atoms with van der Waals surface area (Å²) in [7, 11) is 0. The predicted octanol–water partition coefficient (Wildman–Crippen LogP) is 4.37. The highest BCUT2D eigenvalue weighted by Crippen LogP contribution is 2.31. The van der Waals surface area contributed by atoms with Crippen molar-refractivity contribution < 1.29 is 4.42 Å². The van der Waals surface area contributed by atoms with Crippen LogP contribution in [0.1, 0.15) is 31.2 Å². The van der Waals surface area contributed by atoms with E-state index in [0.29, 0.717) is 0 Å². The largest absolute Gasteiger partial charge is 0.460 e. The van der Waals surface area contributed by atoms with E-state index in [1.165, 1.54) is 0 Å². The average molecular weight is 215 g/mol. The second kappa shape index (κ2) is 4.29. The summed E-state index contributed by atoms with van der Waals surface area (Å²) >= 11 is 0. The van der Waals surface area contributed by atoms with Gasteiger partial charge in [-0.3, -0.25) is 0 Å². The standard InChI is InChI=1S/C12H13N3O/c1-3-9-10-6-4-5-7-11(10)16-12(9)8(2)14-15-13/h4-8H,3H2,1-2H3/t8-/m0/s1. The number of hydrogen-bond donors (Lipinski definition) is 0. The fraction of sp³-hybridized carbons (Fsp3) is 0.333. The second-order valence-electron chi connectivity index (χ2n) is 3.68. The molecule has 0 N–H and O–H groups in total. The molecule has 0 fully saturated rings. The molecule has 82 valence electrons. The number of aryl methyl sites for hydroxylation is 1. The number of furan rings is 1. The fourth-order valence-corrected chi connectivity index (χ4v) is 1.95. The van der Waals surface area contributed by atoms with Gasteiger partial charge in [0.2, 0.25) is 0 Å². The van der Waals surface area contributed by atoms with Crippen LogP contribution in [-0.4, -0.2) is 0 Å². The van der Waals surface area contributed by atoms with Gasteiger partial charge in [0.1, 0.15) is 11.3 Å². The minimum atomic E-state index is -0.257. The van der Waals surface area contributed by atoms with Crippen LogP contribution in [0, 0.1) is 0 Å². The summed E-state index contributed by atoms with van der Waals surface area (Å²) in [6, 6.07) is 7.63. The van der Waals surface area contributed by atoms with Gasteiger partial charge in [0.05, 0.1) is 6.04 Å². The van der Waals surface area contributed by atoms with Crippen LogP contribution in [0.4, 0.5) is 0 Å². The van der Waals surface area contributed by atoms with Crippen LogP contribution in [0.3, 0.4) is 0 Å². The third kappa shape index (κ3) is 1.64. The summed E-state index contributed by atoms with van der Waals surface area (Å²) in [5.74, 6) is 0.779. The van der Waals surface area contributed by atoms with Crippen molar-refractivity contribution in [3.63, 3.8) is 0 Å². The van der Waals surface area contributed by atoms with Gasteiger partial charge in [-0.25, -0.2) is 0 Å². The van der Waals surface area contributed by atoms with Crippen molar-refractivity contribution in [3.8, 4) is 0 Å². The molecule has 0 bridgehead atoms. The van der Waals surface area contributed by atoms with E-state index < -0.39 is 0 Å². The van der Waals surface area contributed by atoms with Gasteiger partial charge in [0, 0.05) is 15.9 Å². The molecule has 0 amide bonds. The Bertz CT molecular complexity index is 552. The first-order valence-electron chi connectivity index (χ1n) is 5.32. The minimum Gasteiger partial charge on any atom is -0.460 e. The van der Waals surface area contributed by atoms with Gasteiger partial charge in [0.25, 0.3) is 0 Å². The molecule has 0 spiro atoms. The average Bonchev–Trinajstić information content (AvgIpc) is 2.67. The molecule has 4 heteroatoms. The van der Waals surface area contributed by atoms with Gasteiger partial charge >= 0.3 is 0 Å². The Morgan fingerprint density at radius 3 is 2.88 bits per heavy atom. The summed E-state index contributed by atoms with van der Waals surface area (Å²) in [5, 5.41) is 4.80. The molecule has 0 aliphatic rings. The van der Waals surface area contributed by atoms with Gasteiger partial charge in [-0.2, -0.15) is 0 Å². The quantitative estimate of drug-likeness (QED) is 0.426. The lowest BCUT2D eigenvalue weighted by molar-refractivity contribution is 0.506. The van der Waals surface area contributed by atoms with E-state index in [4.69, 9.17) is 9.95 Å². The van der Waals surface area contributed by atoms with Gasteiger partial charge in [-0.05, 0) is 24.9 Å². The smallest absolute Gasteiger partial charge is 0.134 e. The molecular formula is C12H13N3O. The van der Waals surface area contributed by atoms with E-state index in [2.05, 4.69) is 16.9 Å². The predicted molar refractivity (Wildman–Crippen MR) is 63.2 cm³/mol. The molecular weight excluding hydrogens is 202 g/mol. The van der Waals surface area contributed by atoms with E-state index in [0.717, 1.165) is 28.7 Å². The van der Waals surface area contributed by atoms with Crippen molar-refractivity contribution >= 4 is 11.0 Å². The molecule has 0 saturated carbocycles. The topological polar surface area (TPSA) is 61.9 Å². The zero-order chi connectivity index (χ0) is 11.5. The summed E-state index contributed by atoms with van der Waals surface area (Å²) in [6.45, 7) is 3.92. The molecule has 1 atom stereocenters. The Morgan fingerprint density at radius 1 is 1.44 bits per heavy atom. The SMILES string of the molecule is CCc1c([C@H](C)N=[N+]=[N-])oc2ccccc12. The normalized spacial score (nSPS) is 12.4. The lowest BCUT2D eigenvalue weighted by Crippen LogP contribution is -1.90. The highest BCUT2D eigenvalue weighted by molar-refractivity contribution is 5.82. The number of benzene rings is 1. The van der Waals surface area contributed by atoms with E-state index in [9.17, 15) is 0 Å². The van der Waals surface area contributed by atoms with Crippen LogP contribution in [-0.2, 0) is 6.42 Å². The monoisotopic (exact) mass is 215 g/mol. The van der Waals surface area contributed by atoms with Crippen molar-refractivity contribution in [1.29, 1.82) is 0 Å². The highest BCUT2D eigenvalue weighted by atomic mass is 16.3. The maximum atomic E-state index is 8.45. The van der Waals surface area contributed by atoms with Crippen molar-refractivity contribution in [1.82, 2.24) is 0 Å². The lowest BCUT2D eigenvalue weighted by atomic mass is 10.1. The minimum absolute atomic E-state index is 0.257. The van der Waals surface area contributed by atoms with Crippen LogP contribution in [0.2, 0.25) is 0 Å². The van der Waals surface area contributed by atoms with Gasteiger partial charge < -0.3 is 4.42 Å². The van der Waals surface area contributed by atoms with Crippen LogP contribution >= 0.6 is 0 Å². The van der Waals surface area contributed by atoms with Crippen molar-refractivity contribution in [2.45, 2.75) is 26.3 Å². The molecule has 0 radical (unpaired) electrons. The summed E-state index contributed by atoms with van der Waals surface area (Å²) in [4.78, 5) is 2.82. The van der Waals surface area contributed by atoms with Crippen molar-refractivity contribution in [2.24, 2.45) is 5.11 Å². The highest BCUT2D eigenvalue weighted by Gasteiger charge is 2.16. The Morgan fingerprint density at radius 2 is 2.19 bits per heavy atom. The van der Waals surface area contributed by atoms with Crippen LogP contribution in [0.5, 0.6) is 0 Å². The van der Waals surface area contributed by atoms with Crippen LogP contribution < -0.4 is 0 Å². The van der Waals surface area contributed by atoms with E-state index in [1.807, 2.05) is 31.2 Å². The Balaban J connectivity index is 2.64. The molecule has 2 rings (SSSR count). The van der Waals surface area contributed by atoms with Crippen molar-refractivity contribution in [2.75, 3.05) is 0 Å². The first-order valence-corrected chi connectivity index (χ1v) is 5.32. The fourth-order valence-electron chi connectivity index (χ4n) is 1.95. The summed E-state index contributed by atoms with van der Waals surface area (Å²) in [6.07, 6.45) is 0.873. The zero-order valence-corrected chi connectivity index (χ0v) is 9.34. The molecule has 1 heterocycles. The molecule has 0 unspecified atom stereocenters. The number of nitrogens with zero attached hydrogens (tertiary/aromatic N) is 3. The van der Waals surface area contributed by atoms with Crippen LogP contribution in [0.25, 0.3) is 21.4 Å². The maximum absolute atomic E-state index is 8.45. The molecule has 1 aromatic heterocycles. The number of azide groups is 1. The van der Waals surface area contributed by atoms with E-state index in [1.54, 1.807) is 0 Å². The number of para-hydroxylation sites is 1. The third-order valence-corrected chi connectivity index (χ3v) is 2.69. The van der Waals surface area contributed by atoms with Gasteiger partial charge in [-0.1, -0.05) is 30.2 Å². The Kier molecular flexibility index (Phi) is 2.84.